The summed E-state index contributed by atoms with van der Waals surface area (Å²) in [5.41, 5.74) is 0. The normalized spacial score (nSPS) is 16.9. The van der Waals surface area contributed by atoms with Gasteiger partial charge >= 0.3 is 5.97 Å². The molecule has 0 fully saturated rings. The third-order valence-electron chi connectivity index (χ3n) is 2.83. The van der Waals surface area contributed by atoms with Crippen molar-refractivity contribution in [1.82, 2.24) is 0 Å². The van der Waals surface area contributed by atoms with Gasteiger partial charge in [0.2, 0.25) is 0 Å². The summed E-state index contributed by atoms with van der Waals surface area (Å²) in [4.78, 5) is 11.6. The lowest BCUT2D eigenvalue weighted by Gasteiger charge is -2.25. The van der Waals surface area contributed by atoms with Gasteiger partial charge in [0.25, 0.3) is 0 Å². The second kappa shape index (κ2) is 7.69. The predicted molar refractivity (Wildman–Crippen MR) is 60.5 cm³/mol. The highest BCUT2D eigenvalue weighted by Crippen LogP contribution is 2.21. The van der Waals surface area contributed by atoms with Crippen LogP contribution in [0.1, 0.15) is 47.0 Å². The molecule has 3 nitrogen and oxygen atoms in total. The molecule has 3 heteroatoms. The molecule has 3 atom stereocenters. The summed E-state index contributed by atoms with van der Waals surface area (Å²) in [5.74, 6) is -0.469. The van der Waals surface area contributed by atoms with Gasteiger partial charge in [-0.2, -0.15) is 0 Å². The fourth-order valence-electron chi connectivity index (χ4n) is 1.63. The van der Waals surface area contributed by atoms with E-state index in [9.17, 15) is 9.90 Å². The van der Waals surface area contributed by atoms with Gasteiger partial charge in [-0.3, -0.25) is 4.79 Å². The van der Waals surface area contributed by atoms with E-state index in [4.69, 9.17) is 4.74 Å². The monoisotopic (exact) mass is 216 g/mol. The van der Waals surface area contributed by atoms with Gasteiger partial charge in [0.1, 0.15) is 0 Å². The van der Waals surface area contributed by atoms with Gasteiger partial charge in [-0.15, -0.1) is 0 Å². The van der Waals surface area contributed by atoms with Crippen molar-refractivity contribution >= 4 is 5.97 Å². The van der Waals surface area contributed by atoms with Crippen LogP contribution in [-0.2, 0) is 9.53 Å². The fraction of sp³-hybridized carbons (Fsp3) is 0.917. The average molecular weight is 216 g/mol. The second-order valence-electron chi connectivity index (χ2n) is 4.02. The zero-order valence-corrected chi connectivity index (χ0v) is 10.3. The molecular formula is C12H24O3. The molecule has 0 saturated heterocycles. The summed E-state index contributed by atoms with van der Waals surface area (Å²) in [6.45, 7) is 8.16. The zero-order valence-electron chi connectivity index (χ0n) is 10.3. The number of esters is 1. The van der Waals surface area contributed by atoms with Gasteiger partial charge in [0, 0.05) is 0 Å². The molecule has 0 aliphatic carbocycles. The van der Waals surface area contributed by atoms with Crippen LogP contribution in [0.5, 0.6) is 0 Å². The van der Waals surface area contributed by atoms with Crippen LogP contribution in [0.3, 0.4) is 0 Å². The topological polar surface area (TPSA) is 46.5 Å². The van der Waals surface area contributed by atoms with Gasteiger partial charge in [-0.1, -0.05) is 33.6 Å². The molecule has 0 aromatic heterocycles. The Morgan fingerprint density at radius 1 is 1.33 bits per heavy atom. The first-order valence-electron chi connectivity index (χ1n) is 5.93. The first-order valence-corrected chi connectivity index (χ1v) is 5.93. The third kappa shape index (κ3) is 4.65. The molecule has 0 bridgehead atoms. The lowest BCUT2D eigenvalue weighted by Crippen LogP contribution is -2.34. The number of aliphatic hydroxyl groups excluding tert-OH is 1. The van der Waals surface area contributed by atoms with Crippen molar-refractivity contribution in [3.05, 3.63) is 0 Å². The Bertz CT molecular complexity index is 180. The first-order chi connectivity index (χ1) is 7.08. The number of aliphatic hydroxyl groups is 1. The minimum Gasteiger partial charge on any atom is -0.466 e. The van der Waals surface area contributed by atoms with Crippen LogP contribution in [0.2, 0.25) is 0 Å². The van der Waals surface area contributed by atoms with E-state index in [2.05, 4.69) is 0 Å². The number of hydrogen-bond donors (Lipinski definition) is 1. The van der Waals surface area contributed by atoms with Crippen molar-refractivity contribution in [3.8, 4) is 0 Å². The van der Waals surface area contributed by atoms with E-state index in [1.807, 2.05) is 20.8 Å². The van der Waals surface area contributed by atoms with Crippen LogP contribution >= 0.6 is 0 Å². The molecule has 0 rings (SSSR count). The van der Waals surface area contributed by atoms with Crippen LogP contribution in [0.4, 0.5) is 0 Å². The molecule has 0 saturated carbocycles. The molecule has 0 aliphatic heterocycles. The molecule has 15 heavy (non-hydrogen) atoms. The number of carbonyl (C=O) groups excluding carboxylic acids is 1. The fourth-order valence-corrected chi connectivity index (χ4v) is 1.63. The molecule has 0 aliphatic rings. The average Bonchev–Trinajstić information content (AvgIpc) is 2.24. The number of carbonyl (C=O) groups is 1. The van der Waals surface area contributed by atoms with E-state index in [0.717, 1.165) is 12.8 Å². The Balaban J connectivity index is 4.42. The minimum absolute atomic E-state index is 0.144. The molecule has 0 aromatic rings. The van der Waals surface area contributed by atoms with Crippen molar-refractivity contribution < 1.29 is 14.6 Å². The van der Waals surface area contributed by atoms with Gasteiger partial charge in [0.15, 0.2) is 0 Å². The largest absolute Gasteiger partial charge is 0.466 e. The molecular weight excluding hydrogens is 192 g/mol. The van der Waals surface area contributed by atoms with Crippen LogP contribution in [0.25, 0.3) is 0 Å². The van der Waals surface area contributed by atoms with E-state index >= 15 is 0 Å². The van der Waals surface area contributed by atoms with Crippen molar-refractivity contribution in [3.63, 3.8) is 0 Å². The lowest BCUT2D eigenvalue weighted by atomic mass is 9.87. The third-order valence-corrected chi connectivity index (χ3v) is 2.83. The predicted octanol–water partition coefficient (Wildman–Crippen LogP) is 2.37. The number of hydrogen-bond acceptors (Lipinski definition) is 3. The van der Waals surface area contributed by atoms with Gasteiger partial charge < -0.3 is 9.84 Å². The maximum Gasteiger partial charge on any atom is 0.311 e. The molecule has 0 heterocycles. The Morgan fingerprint density at radius 3 is 2.33 bits per heavy atom. The van der Waals surface area contributed by atoms with Crippen LogP contribution in [0.15, 0.2) is 0 Å². The Hall–Kier alpha value is -0.570. The summed E-state index contributed by atoms with van der Waals surface area (Å²) in [6, 6.07) is 0. The maximum absolute atomic E-state index is 11.6. The minimum atomic E-state index is -0.575. The smallest absolute Gasteiger partial charge is 0.311 e. The molecule has 0 spiro atoms. The Morgan fingerprint density at radius 2 is 1.93 bits per heavy atom. The summed E-state index contributed by atoms with van der Waals surface area (Å²) < 4.78 is 4.97. The van der Waals surface area contributed by atoms with Crippen molar-refractivity contribution in [2.24, 2.45) is 11.8 Å². The van der Waals surface area contributed by atoms with E-state index < -0.39 is 6.10 Å². The van der Waals surface area contributed by atoms with E-state index in [-0.39, 0.29) is 17.8 Å². The SMILES string of the molecule is CCCC(C(=O)OCC)C(O)C(C)CC. The van der Waals surface area contributed by atoms with E-state index in [1.165, 1.54) is 0 Å². The first kappa shape index (κ1) is 14.4. The summed E-state index contributed by atoms with van der Waals surface area (Å²) in [7, 11) is 0. The molecule has 0 radical (unpaired) electrons. The number of rotatable bonds is 7. The molecule has 1 N–H and O–H groups in total. The van der Waals surface area contributed by atoms with Crippen LogP contribution in [-0.4, -0.2) is 23.8 Å². The van der Waals surface area contributed by atoms with Crippen molar-refractivity contribution in [2.45, 2.75) is 53.1 Å². The highest BCUT2D eigenvalue weighted by molar-refractivity contribution is 5.73. The van der Waals surface area contributed by atoms with E-state index in [1.54, 1.807) is 6.92 Å². The molecule has 0 amide bonds. The molecule has 90 valence electrons. The number of ether oxygens (including phenoxy) is 1. The highest BCUT2D eigenvalue weighted by Gasteiger charge is 2.30. The van der Waals surface area contributed by atoms with Crippen LogP contribution in [0, 0.1) is 11.8 Å². The molecule has 0 aromatic carbocycles. The van der Waals surface area contributed by atoms with Crippen molar-refractivity contribution in [1.29, 1.82) is 0 Å². The molecule has 3 unspecified atom stereocenters. The Kier molecular flexibility index (Phi) is 7.39. The van der Waals surface area contributed by atoms with Gasteiger partial charge in [-0.25, -0.2) is 0 Å². The van der Waals surface area contributed by atoms with E-state index in [0.29, 0.717) is 13.0 Å². The van der Waals surface area contributed by atoms with Crippen molar-refractivity contribution in [2.75, 3.05) is 6.61 Å². The quantitative estimate of drug-likeness (QED) is 0.665. The highest BCUT2D eigenvalue weighted by atomic mass is 16.5. The maximum atomic E-state index is 11.6. The van der Waals surface area contributed by atoms with Gasteiger partial charge in [0.05, 0.1) is 18.6 Å². The second-order valence-corrected chi connectivity index (χ2v) is 4.02. The van der Waals surface area contributed by atoms with Gasteiger partial charge in [-0.05, 0) is 19.3 Å². The summed E-state index contributed by atoms with van der Waals surface area (Å²) in [6.07, 6.45) is 1.89. The summed E-state index contributed by atoms with van der Waals surface area (Å²) in [5, 5.41) is 10.0. The lowest BCUT2D eigenvalue weighted by molar-refractivity contribution is -0.153. The zero-order chi connectivity index (χ0) is 11.8. The Labute approximate surface area is 92.8 Å². The standard InChI is InChI=1S/C12H24O3/c1-5-8-10(12(14)15-7-3)11(13)9(4)6-2/h9-11,13H,5-8H2,1-4H3. The van der Waals surface area contributed by atoms with Crippen LogP contribution < -0.4 is 0 Å². The summed E-state index contributed by atoms with van der Waals surface area (Å²) >= 11 is 0.